The lowest BCUT2D eigenvalue weighted by molar-refractivity contribution is -0.355. The topological polar surface area (TPSA) is 212 Å². The minimum atomic E-state index is -3.78. The zero-order valence-electron chi connectivity index (χ0n) is 24.9. The maximum atomic E-state index is 15.0. The van der Waals surface area contributed by atoms with E-state index in [9.17, 15) is 49.4 Å². The molecule has 2 saturated heterocycles. The fourth-order valence-corrected chi connectivity index (χ4v) is 5.04. The largest absolute Gasteiger partial charge is 0.381 e. The third kappa shape index (κ3) is 6.18. The molecule has 1 unspecified atom stereocenters. The fourth-order valence-electron chi connectivity index (χ4n) is 5.04. The van der Waals surface area contributed by atoms with E-state index in [1.807, 2.05) is 27.7 Å². The van der Waals surface area contributed by atoms with E-state index in [0.29, 0.717) is 29.4 Å². The number of imide groups is 1. The highest BCUT2D eigenvalue weighted by Gasteiger charge is 2.67. The molecule has 1 atom stereocenters. The summed E-state index contributed by atoms with van der Waals surface area (Å²) in [6.45, 7) is 8.61. The molecule has 2 aromatic rings. The zero-order valence-corrected chi connectivity index (χ0v) is 24.9. The van der Waals surface area contributed by atoms with Gasteiger partial charge in [-0.05, 0) is 18.2 Å². The molecule has 0 aliphatic carbocycles. The van der Waals surface area contributed by atoms with Crippen LogP contribution in [0, 0.1) is 5.82 Å². The van der Waals surface area contributed by atoms with Crippen LogP contribution < -0.4 is 10.6 Å². The summed E-state index contributed by atoms with van der Waals surface area (Å²) in [5, 5.41) is 66.3. The van der Waals surface area contributed by atoms with Gasteiger partial charge in [-0.25, -0.2) is 9.29 Å². The van der Waals surface area contributed by atoms with Crippen molar-refractivity contribution in [1.82, 2.24) is 15.1 Å². The standard InChI is InChI=1S/C25H27FN4O10.2C2H6/c26-17-10-14(25(38,39)29-6-8-40-9-7-29)5-4-13(17)11-27-18-3-1-2-15-16(18)12-30(21(15)32)19-20(31)28-22(33)24(36,37)23(19,34)35;2*1-2/h1-5,10,19,27,34-39H,6-9,11-12H2,(H,28,31,33);2*1-2H3. The first-order chi connectivity index (χ1) is 20.8. The van der Waals surface area contributed by atoms with E-state index in [4.69, 9.17) is 4.74 Å². The maximum Gasteiger partial charge on any atom is 0.303 e. The fraction of sp³-hybridized carbons (Fsp3) is 0.483. The molecule has 3 aliphatic heterocycles. The smallest absolute Gasteiger partial charge is 0.303 e. The predicted molar refractivity (Wildman–Crippen MR) is 153 cm³/mol. The molecule has 3 aliphatic rings. The van der Waals surface area contributed by atoms with Crippen molar-refractivity contribution in [2.24, 2.45) is 0 Å². The predicted octanol–water partition coefficient (Wildman–Crippen LogP) is -0.740. The van der Waals surface area contributed by atoms with Gasteiger partial charge in [0, 0.05) is 54.1 Å². The molecule has 3 amide bonds. The molecule has 0 aromatic heterocycles. The van der Waals surface area contributed by atoms with Crippen LogP contribution in [0.15, 0.2) is 36.4 Å². The number of morpholine rings is 1. The highest BCUT2D eigenvalue weighted by molar-refractivity contribution is 6.08. The van der Waals surface area contributed by atoms with Gasteiger partial charge in [-0.3, -0.25) is 19.7 Å². The minimum absolute atomic E-state index is 0.0543. The molecule has 3 heterocycles. The lowest BCUT2D eigenvalue weighted by atomic mass is 9.90. The van der Waals surface area contributed by atoms with Crippen molar-refractivity contribution in [1.29, 1.82) is 0 Å². The van der Waals surface area contributed by atoms with Gasteiger partial charge in [0.25, 0.3) is 29.4 Å². The third-order valence-electron chi connectivity index (χ3n) is 7.37. The van der Waals surface area contributed by atoms with Gasteiger partial charge in [0.15, 0.2) is 6.04 Å². The van der Waals surface area contributed by atoms with Crippen molar-refractivity contribution >= 4 is 23.4 Å². The number of carbonyl (C=O) groups excluding carboxylic acids is 3. The monoisotopic (exact) mass is 622 g/mol. The number of fused-ring (bicyclic) bond motifs is 1. The van der Waals surface area contributed by atoms with E-state index in [0.717, 1.165) is 6.07 Å². The molecule has 15 heteroatoms. The number of piperidine rings is 1. The third-order valence-corrected chi connectivity index (χ3v) is 7.37. The van der Waals surface area contributed by atoms with E-state index in [2.05, 4.69) is 5.32 Å². The number of nitrogens with zero attached hydrogens (tertiary/aromatic N) is 2. The van der Waals surface area contributed by atoms with Crippen LogP contribution in [0.2, 0.25) is 0 Å². The van der Waals surface area contributed by atoms with E-state index in [-0.39, 0.29) is 42.9 Å². The second-order valence-electron chi connectivity index (χ2n) is 9.78. The number of benzene rings is 2. The molecule has 2 fully saturated rings. The van der Waals surface area contributed by atoms with Crippen LogP contribution in [-0.2, 0) is 33.3 Å². The Morgan fingerprint density at radius 2 is 1.66 bits per heavy atom. The van der Waals surface area contributed by atoms with E-state index < -0.39 is 47.1 Å². The molecule has 44 heavy (non-hydrogen) atoms. The highest BCUT2D eigenvalue weighted by atomic mass is 19.1. The van der Waals surface area contributed by atoms with Gasteiger partial charge in [0.1, 0.15) is 5.82 Å². The molecule has 0 spiro atoms. The lowest BCUT2D eigenvalue weighted by Crippen LogP contribution is -2.79. The van der Waals surface area contributed by atoms with Crippen molar-refractivity contribution < 1.29 is 54.2 Å². The quantitative estimate of drug-likeness (QED) is 0.148. The summed E-state index contributed by atoms with van der Waals surface area (Å²) in [5.41, 5.74) is 0.765. The highest BCUT2D eigenvalue weighted by Crippen LogP contribution is 2.37. The van der Waals surface area contributed by atoms with Crippen molar-refractivity contribution in [3.8, 4) is 0 Å². The van der Waals surface area contributed by atoms with Crippen molar-refractivity contribution in [3.63, 3.8) is 0 Å². The number of aliphatic hydroxyl groups is 6. The number of hydrogen-bond donors (Lipinski definition) is 8. The van der Waals surface area contributed by atoms with E-state index in [1.165, 1.54) is 29.2 Å². The average Bonchev–Trinajstić information content (AvgIpc) is 3.34. The van der Waals surface area contributed by atoms with E-state index in [1.54, 1.807) is 11.4 Å². The Kier molecular flexibility index (Phi) is 10.8. The summed E-state index contributed by atoms with van der Waals surface area (Å²) in [4.78, 5) is 39.3. The Balaban J connectivity index is 0.00000127. The van der Waals surface area contributed by atoms with Crippen molar-refractivity contribution in [3.05, 3.63) is 64.5 Å². The number of hydrogen-bond acceptors (Lipinski definition) is 12. The summed E-state index contributed by atoms with van der Waals surface area (Å²) in [6.07, 6.45) is 0. The first-order valence-corrected chi connectivity index (χ1v) is 14.2. The Morgan fingerprint density at radius 3 is 2.27 bits per heavy atom. The first kappa shape index (κ1) is 34.9. The lowest BCUT2D eigenvalue weighted by Gasteiger charge is -2.44. The molecule has 242 valence electrons. The number of anilines is 1. The van der Waals surface area contributed by atoms with Crippen LogP contribution in [0.25, 0.3) is 0 Å². The summed E-state index contributed by atoms with van der Waals surface area (Å²) in [7, 11) is 0. The average molecular weight is 623 g/mol. The van der Waals surface area contributed by atoms with Gasteiger partial charge in [-0.2, -0.15) is 0 Å². The molecule has 5 rings (SSSR count). The molecular weight excluding hydrogens is 583 g/mol. The Hall–Kier alpha value is -3.54. The van der Waals surface area contributed by atoms with Gasteiger partial charge in [0.05, 0.1) is 13.2 Å². The Bertz CT molecular complexity index is 1380. The molecule has 0 bridgehead atoms. The van der Waals surface area contributed by atoms with Crippen LogP contribution in [0.3, 0.4) is 0 Å². The van der Waals surface area contributed by atoms with Crippen molar-refractivity contribution in [2.75, 3.05) is 31.6 Å². The van der Waals surface area contributed by atoms with Crippen LogP contribution in [-0.4, -0.2) is 102 Å². The number of rotatable bonds is 6. The maximum absolute atomic E-state index is 15.0. The summed E-state index contributed by atoms with van der Waals surface area (Å²) >= 11 is 0. The molecule has 0 saturated carbocycles. The molecule has 14 nitrogen and oxygen atoms in total. The molecule has 2 aromatic carbocycles. The van der Waals surface area contributed by atoms with E-state index >= 15 is 0 Å². The number of ether oxygens (including phenoxy) is 1. The zero-order chi connectivity index (χ0) is 33.0. The second-order valence-corrected chi connectivity index (χ2v) is 9.78. The Morgan fingerprint density at radius 1 is 1.02 bits per heavy atom. The number of nitrogens with one attached hydrogen (secondary N) is 2. The van der Waals surface area contributed by atoms with Gasteiger partial charge in [-0.1, -0.05) is 45.9 Å². The first-order valence-electron chi connectivity index (χ1n) is 14.2. The molecular formula is C29H39FN4O10. The van der Waals surface area contributed by atoms with Gasteiger partial charge < -0.3 is 45.6 Å². The summed E-state index contributed by atoms with van der Waals surface area (Å²) in [6, 6.07) is 5.96. The number of halogens is 1. The molecule has 8 N–H and O–H groups in total. The summed E-state index contributed by atoms with van der Waals surface area (Å²) < 4.78 is 20.2. The Labute approximate surface area is 253 Å². The van der Waals surface area contributed by atoms with Crippen LogP contribution in [0.5, 0.6) is 0 Å². The van der Waals surface area contributed by atoms with Gasteiger partial charge >= 0.3 is 5.79 Å². The molecule has 0 radical (unpaired) electrons. The normalized spacial score (nSPS) is 20.9. The SMILES string of the molecule is CC.CC.O=C1NC(=O)C(O)(O)C(O)(O)C1N1Cc2c(NCc3ccc(C(O)(O)N4CCOCC4)cc3F)cccc2C1=O. The van der Waals surface area contributed by atoms with Gasteiger partial charge in [0.2, 0.25) is 0 Å². The summed E-state index contributed by atoms with van der Waals surface area (Å²) in [5.74, 6) is -14.6. The van der Waals surface area contributed by atoms with Gasteiger partial charge in [-0.15, -0.1) is 0 Å². The van der Waals surface area contributed by atoms with Crippen LogP contribution in [0.4, 0.5) is 10.1 Å². The van der Waals surface area contributed by atoms with Crippen LogP contribution >= 0.6 is 0 Å². The second kappa shape index (κ2) is 13.6. The van der Waals surface area contributed by atoms with Crippen LogP contribution in [0.1, 0.15) is 54.7 Å². The number of carbonyl (C=O) groups is 3. The van der Waals surface area contributed by atoms with Crippen molar-refractivity contribution in [2.45, 2.75) is 64.3 Å². The number of amides is 3. The minimum Gasteiger partial charge on any atom is -0.381 e.